The van der Waals surface area contributed by atoms with Crippen molar-refractivity contribution in [2.24, 2.45) is 5.92 Å². The average molecular weight is 439 g/mol. The predicted molar refractivity (Wildman–Crippen MR) is 125 cm³/mol. The molecule has 1 atom stereocenters. The molecule has 32 heavy (non-hydrogen) atoms. The van der Waals surface area contributed by atoms with E-state index in [1.165, 1.54) is 5.56 Å². The van der Waals surface area contributed by atoms with E-state index in [-0.39, 0.29) is 5.91 Å². The number of fused-ring (bicyclic) bond motifs is 1. The summed E-state index contributed by atoms with van der Waals surface area (Å²) in [4.78, 5) is 22.2. The SMILES string of the molecule is CC(C)CN(Cc1cnc2c(c1)NCCCO2)C(=O)C1CN(Cc2ccccc2)CCO1. The zero-order valence-electron chi connectivity index (χ0n) is 19.1. The van der Waals surface area contributed by atoms with Gasteiger partial charge in [0.15, 0.2) is 0 Å². The van der Waals surface area contributed by atoms with Gasteiger partial charge < -0.3 is 19.7 Å². The van der Waals surface area contributed by atoms with Crippen LogP contribution < -0.4 is 10.1 Å². The fraction of sp³-hybridized carbons (Fsp3) is 0.520. The summed E-state index contributed by atoms with van der Waals surface area (Å²) in [6.45, 7) is 9.84. The summed E-state index contributed by atoms with van der Waals surface area (Å²) < 4.78 is 11.6. The van der Waals surface area contributed by atoms with E-state index >= 15 is 0 Å². The lowest BCUT2D eigenvalue weighted by Gasteiger charge is -2.35. The lowest BCUT2D eigenvalue weighted by atomic mass is 10.1. The fourth-order valence-corrected chi connectivity index (χ4v) is 4.22. The Labute approximate surface area is 190 Å². The van der Waals surface area contributed by atoms with Gasteiger partial charge in [-0.25, -0.2) is 4.98 Å². The second kappa shape index (κ2) is 10.8. The minimum absolute atomic E-state index is 0.0515. The smallest absolute Gasteiger partial charge is 0.253 e. The molecule has 1 unspecified atom stereocenters. The van der Waals surface area contributed by atoms with Crippen molar-refractivity contribution in [1.29, 1.82) is 0 Å². The van der Waals surface area contributed by atoms with Crippen molar-refractivity contribution in [3.05, 3.63) is 53.7 Å². The van der Waals surface area contributed by atoms with Crippen molar-refractivity contribution < 1.29 is 14.3 Å². The normalized spacial score (nSPS) is 18.9. The number of aromatic nitrogens is 1. The van der Waals surface area contributed by atoms with Crippen LogP contribution in [-0.4, -0.2) is 66.2 Å². The Hall–Kier alpha value is -2.64. The van der Waals surface area contributed by atoms with E-state index in [4.69, 9.17) is 9.47 Å². The van der Waals surface area contributed by atoms with Gasteiger partial charge in [0, 0.05) is 45.5 Å². The first-order chi connectivity index (χ1) is 15.6. The van der Waals surface area contributed by atoms with Crippen LogP contribution in [0.25, 0.3) is 0 Å². The second-order valence-corrected chi connectivity index (χ2v) is 9.02. The van der Waals surface area contributed by atoms with Crippen molar-refractivity contribution in [2.45, 2.75) is 39.5 Å². The molecule has 0 spiro atoms. The van der Waals surface area contributed by atoms with Crippen LogP contribution in [0, 0.1) is 5.92 Å². The van der Waals surface area contributed by atoms with E-state index in [9.17, 15) is 4.79 Å². The predicted octanol–water partition coefficient (Wildman–Crippen LogP) is 3.16. The van der Waals surface area contributed by atoms with Crippen molar-refractivity contribution in [3.63, 3.8) is 0 Å². The molecule has 1 N–H and O–H groups in total. The number of rotatable bonds is 7. The maximum atomic E-state index is 13.5. The molecule has 2 aliphatic rings. The van der Waals surface area contributed by atoms with Gasteiger partial charge in [0.25, 0.3) is 5.91 Å². The Kier molecular flexibility index (Phi) is 7.60. The molecule has 0 bridgehead atoms. The number of hydrogen-bond donors (Lipinski definition) is 1. The lowest BCUT2D eigenvalue weighted by Crippen LogP contribution is -2.51. The summed E-state index contributed by atoms with van der Waals surface area (Å²) in [5.41, 5.74) is 3.15. The highest BCUT2D eigenvalue weighted by atomic mass is 16.5. The Balaban J connectivity index is 1.44. The Morgan fingerprint density at radius 2 is 2.09 bits per heavy atom. The van der Waals surface area contributed by atoms with Crippen molar-refractivity contribution in [2.75, 3.05) is 44.7 Å². The second-order valence-electron chi connectivity index (χ2n) is 9.02. The van der Waals surface area contributed by atoms with E-state index < -0.39 is 6.10 Å². The van der Waals surface area contributed by atoms with E-state index in [0.29, 0.717) is 44.6 Å². The van der Waals surface area contributed by atoms with Gasteiger partial charge in [-0.2, -0.15) is 0 Å². The molecule has 1 aromatic heterocycles. The molecular formula is C25H34N4O3. The fourth-order valence-electron chi connectivity index (χ4n) is 4.22. The number of carbonyl (C=O) groups is 1. The molecule has 1 fully saturated rings. The third-order valence-corrected chi connectivity index (χ3v) is 5.73. The summed E-state index contributed by atoms with van der Waals surface area (Å²) in [6.07, 6.45) is 2.32. The van der Waals surface area contributed by atoms with Gasteiger partial charge in [-0.05, 0) is 29.5 Å². The Bertz CT molecular complexity index is 890. The van der Waals surface area contributed by atoms with Crippen LogP contribution in [0.5, 0.6) is 5.88 Å². The number of pyridine rings is 1. The van der Waals surface area contributed by atoms with Crippen LogP contribution in [0.1, 0.15) is 31.4 Å². The van der Waals surface area contributed by atoms with Crippen LogP contribution in [0.15, 0.2) is 42.6 Å². The number of benzene rings is 1. The van der Waals surface area contributed by atoms with Crippen molar-refractivity contribution >= 4 is 11.6 Å². The number of nitrogens with one attached hydrogen (secondary N) is 1. The van der Waals surface area contributed by atoms with Crippen LogP contribution in [-0.2, 0) is 22.6 Å². The van der Waals surface area contributed by atoms with E-state index in [1.54, 1.807) is 0 Å². The van der Waals surface area contributed by atoms with Gasteiger partial charge in [-0.3, -0.25) is 9.69 Å². The maximum Gasteiger partial charge on any atom is 0.253 e. The molecule has 2 aromatic rings. The standard InChI is InChI=1S/C25H34N4O3/c1-19(2)15-29(17-21-13-22-24(27-14-21)32-11-6-9-26-22)25(30)23-18-28(10-12-31-23)16-20-7-4-3-5-8-20/h3-5,7-8,13-14,19,23,26H,6,9-12,15-18H2,1-2H3. The van der Waals surface area contributed by atoms with Gasteiger partial charge in [0.1, 0.15) is 6.10 Å². The van der Waals surface area contributed by atoms with Gasteiger partial charge in [0.05, 0.1) is 18.9 Å². The first-order valence-corrected chi connectivity index (χ1v) is 11.6. The molecule has 1 saturated heterocycles. The van der Waals surface area contributed by atoms with Gasteiger partial charge >= 0.3 is 0 Å². The number of hydrogen-bond acceptors (Lipinski definition) is 6. The molecule has 172 valence electrons. The Morgan fingerprint density at radius 3 is 2.91 bits per heavy atom. The maximum absolute atomic E-state index is 13.5. The third-order valence-electron chi connectivity index (χ3n) is 5.73. The highest BCUT2D eigenvalue weighted by Gasteiger charge is 2.31. The minimum atomic E-state index is -0.443. The molecule has 7 nitrogen and oxygen atoms in total. The van der Waals surface area contributed by atoms with Crippen LogP contribution in [0.2, 0.25) is 0 Å². The number of anilines is 1. The monoisotopic (exact) mass is 438 g/mol. The van der Waals surface area contributed by atoms with Gasteiger partial charge in [-0.1, -0.05) is 44.2 Å². The molecule has 0 saturated carbocycles. The molecule has 0 radical (unpaired) electrons. The van der Waals surface area contributed by atoms with Gasteiger partial charge in [0.2, 0.25) is 5.88 Å². The summed E-state index contributed by atoms with van der Waals surface area (Å²) >= 11 is 0. The summed E-state index contributed by atoms with van der Waals surface area (Å²) in [7, 11) is 0. The van der Waals surface area contributed by atoms with Crippen LogP contribution >= 0.6 is 0 Å². The first kappa shape index (κ1) is 22.6. The zero-order valence-corrected chi connectivity index (χ0v) is 19.1. The summed E-state index contributed by atoms with van der Waals surface area (Å²) in [5, 5.41) is 3.38. The molecule has 1 aromatic carbocycles. The molecule has 3 heterocycles. The summed E-state index contributed by atoms with van der Waals surface area (Å²) in [5.74, 6) is 1.05. The molecule has 4 rings (SSSR count). The molecular weight excluding hydrogens is 404 g/mol. The van der Waals surface area contributed by atoms with E-state index in [0.717, 1.165) is 37.3 Å². The Morgan fingerprint density at radius 1 is 1.25 bits per heavy atom. The zero-order chi connectivity index (χ0) is 22.3. The molecule has 2 aliphatic heterocycles. The highest BCUT2D eigenvalue weighted by Crippen LogP contribution is 2.26. The third kappa shape index (κ3) is 5.99. The number of ether oxygens (including phenoxy) is 2. The number of amides is 1. The highest BCUT2D eigenvalue weighted by molar-refractivity contribution is 5.81. The first-order valence-electron chi connectivity index (χ1n) is 11.6. The number of morpholine rings is 1. The quantitative estimate of drug-likeness (QED) is 0.716. The van der Waals surface area contributed by atoms with Crippen LogP contribution in [0.4, 0.5) is 5.69 Å². The summed E-state index contributed by atoms with van der Waals surface area (Å²) in [6, 6.07) is 12.4. The molecule has 1 amide bonds. The molecule has 0 aliphatic carbocycles. The van der Waals surface area contributed by atoms with Gasteiger partial charge in [-0.15, -0.1) is 0 Å². The minimum Gasteiger partial charge on any atom is -0.476 e. The van der Waals surface area contributed by atoms with E-state index in [1.807, 2.05) is 17.2 Å². The topological polar surface area (TPSA) is 66.9 Å². The van der Waals surface area contributed by atoms with Crippen molar-refractivity contribution in [3.8, 4) is 5.88 Å². The largest absolute Gasteiger partial charge is 0.476 e. The van der Waals surface area contributed by atoms with E-state index in [2.05, 4.69) is 59.4 Å². The molecule has 7 heteroatoms. The van der Waals surface area contributed by atoms with Crippen LogP contribution in [0.3, 0.4) is 0 Å². The number of carbonyl (C=O) groups excluding carboxylic acids is 1. The number of nitrogens with zero attached hydrogens (tertiary/aromatic N) is 3. The lowest BCUT2D eigenvalue weighted by molar-refractivity contribution is -0.151. The van der Waals surface area contributed by atoms with Crippen molar-refractivity contribution in [1.82, 2.24) is 14.8 Å². The average Bonchev–Trinajstić information content (AvgIpc) is 3.04.